The van der Waals surface area contributed by atoms with Crippen LogP contribution < -0.4 is 35.9 Å². The van der Waals surface area contributed by atoms with Gasteiger partial charge in [0.2, 0.25) is 5.75 Å². The first-order valence-corrected chi connectivity index (χ1v) is 13.2. The van der Waals surface area contributed by atoms with E-state index < -0.39 is 38.6 Å². The van der Waals surface area contributed by atoms with E-state index in [-0.39, 0.29) is 44.3 Å². The fourth-order valence-electron chi connectivity index (χ4n) is 4.20. The van der Waals surface area contributed by atoms with Gasteiger partial charge in [-0.25, -0.2) is 22.9 Å². The van der Waals surface area contributed by atoms with Crippen LogP contribution in [0.4, 0.5) is 5.82 Å². The van der Waals surface area contributed by atoms with Crippen molar-refractivity contribution in [2.24, 2.45) is 14.1 Å². The maximum Gasteiger partial charge on any atom is 0.332 e. The Balaban J connectivity index is 2.11. The topological polar surface area (TPSA) is 174 Å². The van der Waals surface area contributed by atoms with Crippen molar-refractivity contribution in [3.63, 3.8) is 0 Å². The molecule has 3 N–H and O–H groups in total. The average molecular weight is 590 g/mol. The van der Waals surface area contributed by atoms with Gasteiger partial charge in [0.1, 0.15) is 5.82 Å². The molecular weight excluding hydrogens is 566 g/mol. The zero-order valence-electron chi connectivity index (χ0n) is 21.9. The molecule has 4 aromatic rings. The van der Waals surface area contributed by atoms with Crippen LogP contribution in [0.1, 0.15) is 10.4 Å². The Hall–Kier alpha value is -4.56. The summed E-state index contributed by atoms with van der Waals surface area (Å²) in [6, 6.07) is 8.02. The fourth-order valence-corrected chi connectivity index (χ4v) is 5.28. The fraction of sp³-hybridized carbons (Fsp3) is 0.200. The molecule has 4 rings (SSSR count). The van der Waals surface area contributed by atoms with E-state index in [2.05, 4.69) is 4.98 Å². The standard InChI is InChI=1S/C25H24ClN5O8S/c1-30-22-19(24(33)31(2)25(30)34)17(12-10-15(37-3)20(39-5)16(11-12)38-4)18(21(27)28-22)23(32)29-40(35,36)14-8-6-13(26)7-9-14/h6-11H,1-5H3,(H2,27,28)(H,29,32). The molecule has 2 heterocycles. The molecule has 0 spiro atoms. The van der Waals surface area contributed by atoms with Crippen molar-refractivity contribution in [2.75, 3.05) is 27.1 Å². The number of halogens is 1. The summed E-state index contributed by atoms with van der Waals surface area (Å²) in [7, 11) is 2.35. The molecule has 0 fully saturated rings. The highest BCUT2D eigenvalue weighted by atomic mass is 35.5. The van der Waals surface area contributed by atoms with Gasteiger partial charge in [-0.2, -0.15) is 0 Å². The molecule has 210 valence electrons. The Morgan fingerprint density at radius 1 is 0.975 bits per heavy atom. The molecule has 0 saturated heterocycles. The van der Waals surface area contributed by atoms with Crippen molar-refractivity contribution in [2.45, 2.75) is 4.90 Å². The number of methoxy groups -OCH3 is 3. The number of rotatable bonds is 7. The van der Waals surface area contributed by atoms with Crippen molar-refractivity contribution >= 4 is 44.4 Å². The molecule has 0 bridgehead atoms. The van der Waals surface area contributed by atoms with Gasteiger partial charge >= 0.3 is 5.69 Å². The first-order valence-electron chi connectivity index (χ1n) is 11.4. The molecule has 40 heavy (non-hydrogen) atoms. The molecule has 13 nitrogen and oxygen atoms in total. The van der Waals surface area contributed by atoms with Gasteiger partial charge in [-0.1, -0.05) is 11.6 Å². The Kier molecular flexibility index (Phi) is 7.50. The number of nitrogens with zero attached hydrogens (tertiary/aromatic N) is 3. The summed E-state index contributed by atoms with van der Waals surface area (Å²) < 4.78 is 46.2. The Bertz CT molecular complexity index is 1880. The van der Waals surface area contributed by atoms with Gasteiger partial charge in [0.25, 0.3) is 21.5 Å². The van der Waals surface area contributed by atoms with Crippen LogP contribution in [0.3, 0.4) is 0 Å². The smallest absolute Gasteiger partial charge is 0.332 e. The number of anilines is 1. The lowest BCUT2D eigenvalue weighted by Gasteiger charge is -2.19. The van der Waals surface area contributed by atoms with Crippen molar-refractivity contribution in [1.29, 1.82) is 0 Å². The molecule has 0 radical (unpaired) electrons. The SMILES string of the molecule is COc1cc(-c2c(C(=O)NS(=O)(=O)c3ccc(Cl)cc3)c(N)nc3c2c(=O)n(C)c(=O)n3C)cc(OC)c1OC. The van der Waals surface area contributed by atoms with Gasteiger partial charge in [-0.3, -0.25) is 18.7 Å². The van der Waals surface area contributed by atoms with Crippen LogP contribution in [0, 0.1) is 0 Å². The zero-order valence-corrected chi connectivity index (χ0v) is 23.5. The number of aromatic nitrogens is 3. The normalized spacial score (nSPS) is 11.3. The average Bonchev–Trinajstić information content (AvgIpc) is 2.93. The summed E-state index contributed by atoms with van der Waals surface area (Å²) in [4.78, 5) is 43.7. The summed E-state index contributed by atoms with van der Waals surface area (Å²) in [5.74, 6) is -1.06. The molecule has 0 atom stereocenters. The second-order valence-electron chi connectivity index (χ2n) is 8.45. The van der Waals surface area contributed by atoms with Crippen LogP contribution in [0.2, 0.25) is 5.02 Å². The maximum atomic E-state index is 13.6. The molecule has 0 saturated carbocycles. The predicted octanol–water partition coefficient (Wildman–Crippen LogP) is 1.68. The number of pyridine rings is 1. The minimum atomic E-state index is -4.41. The van der Waals surface area contributed by atoms with Crippen LogP contribution in [0.5, 0.6) is 17.2 Å². The third-order valence-corrected chi connectivity index (χ3v) is 7.75. The van der Waals surface area contributed by atoms with Crippen molar-refractivity contribution in [3.8, 4) is 28.4 Å². The lowest BCUT2D eigenvalue weighted by atomic mass is 9.96. The van der Waals surface area contributed by atoms with E-state index >= 15 is 0 Å². The Labute approximate surface area is 232 Å². The van der Waals surface area contributed by atoms with E-state index in [1.807, 2.05) is 4.72 Å². The van der Waals surface area contributed by atoms with E-state index in [0.717, 1.165) is 9.13 Å². The van der Waals surface area contributed by atoms with Gasteiger partial charge < -0.3 is 19.9 Å². The lowest BCUT2D eigenvalue weighted by molar-refractivity contribution is 0.0982. The highest BCUT2D eigenvalue weighted by molar-refractivity contribution is 7.90. The van der Waals surface area contributed by atoms with E-state index in [1.165, 1.54) is 71.8 Å². The van der Waals surface area contributed by atoms with E-state index in [0.29, 0.717) is 5.02 Å². The zero-order chi connectivity index (χ0) is 29.5. The molecule has 2 aromatic heterocycles. The van der Waals surface area contributed by atoms with Crippen molar-refractivity contribution < 1.29 is 27.4 Å². The lowest BCUT2D eigenvalue weighted by Crippen LogP contribution is -2.38. The minimum absolute atomic E-state index is 0.109. The number of hydrogen-bond acceptors (Lipinski definition) is 10. The van der Waals surface area contributed by atoms with Gasteiger partial charge in [0.05, 0.1) is 37.2 Å². The molecule has 0 unspecified atom stereocenters. The number of aryl methyl sites for hydroxylation is 1. The third-order valence-electron chi connectivity index (χ3n) is 6.15. The summed E-state index contributed by atoms with van der Waals surface area (Å²) in [5, 5.41) is 0.113. The van der Waals surface area contributed by atoms with E-state index in [1.54, 1.807) is 0 Å². The number of fused-ring (bicyclic) bond motifs is 1. The monoisotopic (exact) mass is 589 g/mol. The largest absolute Gasteiger partial charge is 0.493 e. The molecule has 0 aliphatic rings. The molecule has 1 amide bonds. The third kappa shape index (κ3) is 4.71. The summed E-state index contributed by atoms with van der Waals surface area (Å²) in [5.41, 5.74) is 4.21. The van der Waals surface area contributed by atoms with E-state index in [9.17, 15) is 22.8 Å². The van der Waals surface area contributed by atoms with Crippen LogP contribution >= 0.6 is 11.6 Å². The van der Waals surface area contributed by atoms with Crippen LogP contribution in [0.25, 0.3) is 22.2 Å². The number of sulfonamides is 1. The first-order chi connectivity index (χ1) is 18.9. The number of carbonyl (C=O) groups is 1. The summed E-state index contributed by atoms with van der Waals surface area (Å²) in [6.45, 7) is 0. The molecule has 0 aliphatic carbocycles. The number of carbonyl (C=O) groups excluding carboxylic acids is 1. The molecule has 15 heteroatoms. The highest BCUT2D eigenvalue weighted by Crippen LogP contribution is 2.43. The maximum absolute atomic E-state index is 13.6. The van der Waals surface area contributed by atoms with E-state index in [4.69, 9.17) is 31.5 Å². The highest BCUT2D eigenvalue weighted by Gasteiger charge is 2.29. The van der Waals surface area contributed by atoms with Crippen LogP contribution in [-0.2, 0) is 24.1 Å². The van der Waals surface area contributed by atoms with Crippen molar-refractivity contribution in [3.05, 3.63) is 67.8 Å². The number of ether oxygens (including phenoxy) is 3. The molecule has 0 aliphatic heterocycles. The molecular formula is C25H24ClN5O8S. The van der Waals surface area contributed by atoms with Crippen LogP contribution in [-0.4, -0.2) is 49.8 Å². The second kappa shape index (κ2) is 10.5. The Morgan fingerprint density at radius 2 is 1.55 bits per heavy atom. The number of nitrogen functional groups attached to an aromatic ring is 1. The van der Waals surface area contributed by atoms with Gasteiger partial charge in [0, 0.05) is 24.7 Å². The van der Waals surface area contributed by atoms with Crippen molar-refractivity contribution in [1.82, 2.24) is 18.8 Å². The summed E-state index contributed by atoms with van der Waals surface area (Å²) in [6.07, 6.45) is 0. The number of benzene rings is 2. The minimum Gasteiger partial charge on any atom is -0.493 e. The van der Waals surface area contributed by atoms with Gasteiger partial charge in [-0.15, -0.1) is 0 Å². The van der Waals surface area contributed by atoms with Crippen LogP contribution in [0.15, 0.2) is 50.9 Å². The predicted molar refractivity (Wildman–Crippen MR) is 148 cm³/mol. The Morgan fingerprint density at radius 3 is 2.08 bits per heavy atom. The number of hydrogen-bond donors (Lipinski definition) is 2. The van der Waals surface area contributed by atoms with Gasteiger partial charge in [-0.05, 0) is 42.0 Å². The quantitative estimate of drug-likeness (QED) is 0.323. The first kappa shape index (κ1) is 28.4. The molecule has 2 aromatic carbocycles. The van der Waals surface area contributed by atoms with Gasteiger partial charge in [0.15, 0.2) is 17.1 Å². The number of nitrogens with one attached hydrogen (secondary N) is 1. The second-order valence-corrected chi connectivity index (χ2v) is 10.6. The number of nitrogens with two attached hydrogens (primary N) is 1. The summed E-state index contributed by atoms with van der Waals surface area (Å²) >= 11 is 5.86. The number of amides is 1.